The zero-order valence-corrected chi connectivity index (χ0v) is 13.1. The van der Waals surface area contributed by atoms with Crippen molar-refractivity contribution in [1.29, 1.82) is 0 Å². The van der Waals surface area contributed by atoms with E-state index in [1.165, 1.54) is 25.1 Å². The summed E-state index contributed by atoms with van der Waals surface area (Å²) in [7, 11) is -3.77. The average Bonchev–Trinajstić information content (AvgIpc) is 2.37. The van der Waals surface area contributed by atoms with Gasteiger partial charge >= 0.3 is 0 Å². The van der Waals surface area contributed by atoms with Gasteiger partial charge in [-0.3, -0.25) is 4.79 Å². The second-order valence-electron chi connectivity index (χ2n) is 4.60. The highest BCUT2D eigenvalue weighted by atomic mass is 35.5. The Morgan fingerprint density at radius 3 is 2.65 bits per heavy atom. The Labute approximate surface area is 124 Å². The molecule has 0 aromatic heterocycles. The quantitative estimate of drug-likeness (QED) is 0.752. The van der Waals surface area contributed by atoms with E-state index >= 15 is 0 Å². The lowest BCUT2D eigenvalue weighted by atomic mass is 10.1. The predicted molar refractivity (Wildman–Crippen MR) is 79.5 cm³/mol. The van der Waals surface area contributed by atoms with Crippen molar-refractivity contribution in [2.75, 3.05) is 6.54 Å². The summed E-state index contributed by atoms with van der Waals surface area (Å²) in [4.78, 5) is 11.2. The molecule has 0 saturated carbocycles. The first-order valence-electron chi connectivity index (χ1n) is 6.33. The van der Waals surface area contributed by atoms with Gasteiger partial charge in [-0.2, -0.15) is 0 Å². The molecule has 0 aliphatic heterocycles. The summed E-state index contributed by atoms with van der Waals surface area (Å²) in [6.07, 6.45) is 1.60. The predicted octanol–water partition coefficient (Wildman–Crippen LogP) is 1.95. The van der Waals surface area contributed by atoms with Crippen LogP contribution in [-0.4, -0.2) is 26.8 Å². The molecule has 7 heteroatoms. The molecule has 1 rings (SSSR count). The molecule has 5 nitrogen and oxygen atoms in total. The smallest absolute Gasteiger partial charge is 0.242 e. The fraction of sp³-hybridized carbons (Fsp3) is 0.462. The number of halogens is 1. The van der Waals surface area contributed by atoms with Gasteiger partial charge in [-0.15, -0.1) is 0 Å². The molecule has 112 valence electrons. The van der Waals surface area contributed by atoms with Gasteiger partial charge in [0.15, 0.2) is 5.78 Å². The summed E-state index contributed by atoms with van der Waals surface area (Å²) >= 11 is 5.90. The van der Waals surface area contributed by atoms with Crippen LogP contribution < -0.4 is 10.5 Å². The van der Waals surface area contributed by atoms with Crippen molar-refractivity contribution in [2.24, 2.45) is 5.73 Å². The molecule has 0 heterocycles. The summed E-state index contributed by atoms with van der Waals surface area (Å²) in [5.41, 5.74) is 6.07. The van der Waals surface area contributed by atoms with Crippen molar-refractivity contribution < 1.29 is 13.2 Å². The number of hydrogen-bond acceptors (Lipinski definition) is 4. The van der Waals surface area contributed by atoms with Crippen molar-refractivity contribution >= 4 is 27.4 Å². The lowest BCUT2D eigenvalue weighted by Gasteiger charge is -2.13. The maximum atomic E-state index is 12.2. The summed E-state index contributed by atoms with van der Waals surface area (Å²) in [5.74, 6) is -0.221. The Morgan fingerprint density at radius 2 is 2.10 bits per heavy atom. The van der Waals surface area contributed by atoms with Crippen LogP contribution in [0.15, 0.2) is 23.1 Å². The van der Waals surface area contributed by atoms with Gasteiger partial charge in [0.25, 0.3) is 0 Å². The second-order valence-corrected chi connectivity index (χ2v) is 6.74. The lowest BCUT2D eigenvalue weighted by Crippen LogP contribution is -2.37. The standard InChI is InChI=1S/C13H19ClN2O3S/c1-3-4-11(15)8-16-20(18,19)13-7-10(9(2)17)5-6-12(13)14/h5-7,11,16H,3-4,8,15H2,1-2H3/t11-/m1/s1. The average molecular weight is 319 g/mol. The first-order valence-corrected chi connectivity index (χ1v) is 8.19. The van der Waals surface area contributed by atoms with Crippen LogP contribution >= 0.6 is 11.6 Å². The molecule has 1 aromatic rings. The number of benzene rings is 1. The molecule has 0 aliphatic rings. The van der Waals surface area contributed by atoms with Gasteiger partial charge in [0.2, 0.25) is 10.0 Å². The Kier molecular flexibility index (Phi) is 6.13. The van der Waals surface area contributed by atoms with Gasteiger partial charge in [-0.25, -0.2) is 13.1 Å². The number of sulfonamides is 1. The van der Waals surface area contributed by atoms with Gasteiger partial charge in [-0.05, 0) is 31.5 Å². The molecular formula is C13H19ClN2O3S. The van der Waals surface area contributed by atoms with Gasteiger partial charge in [0.05, 0.1) is 5.02 Å². The molecule has 0 spiro atoms. The topological polar surface area (TPSA) is 89.3 Å². The van der Waals surface area contributed by atoms with Crippen LogP contribution in [0.4, 0.5) is 0 Å². The van der Waals surface area contributed by atoms with E-state index in [4.69, 9.17) is 17.3 Å². The molecule has 3 N–H and O–H groups in total. The molecule has 0 saturated heterocycles. The van der Waals surface area contributed by atoms with Crippen LogP contribution in [0, 0.1) is 0 Å². The summed E-state index contributed by atoms with van der Waals surface area (Å²) < 4.78 is 26.8. The number of nitrogens with two attached hydrogens (primary N) is 1. The molecule has 0 unspecified atom stereocenters. The molecule has 20 heavy (non-hydrogen) atoms. The first-order chi connectivity index (χ1) is 9.27. The Hall–Kier alpha value is -0.950. The Morgan fingerprint density at radius 1 is 1.45 bits per heavy atom. The molecule has 1 aromatic carbocycles. The van der Waals surface area contributed by atoms with Crippen molar-refractivity contribution in [3.63, 3.8) is 0 Å². The molecule has 1 atom stereocenters. The van der Waals surface area contributed by atoms with Crippen LogP contribution in [0.1, 0.15) is 37.0 Å². The third-order valence-electron chi connectivity index (χ3n) is 2.82. The summed E-state index contributed by atoms with van der Waals surface area (Å²) in [5, 5.41) is 0.0755. The largest absolute Gasteiger partial charge is 0.327 e. The maximum absolute atomic E-state index is 12.2. The van der Waals surface area contributed by atoms with Gasteiger partial charge < -0.3 is 5.73 Å². The number of carbonyl (C=O) groups excluding carboxylic acids is 1. The summed E-state index contributed by atoms with van der Waals surface area (Å²) in [6.45, 7) is 3.47. The molecule has 0 amide bonds. The van der Waals surface area contributed by atoms with Gasteiger partial charge in [0.1, 0.15) is 4.90 Å². The van der Waals surface area contributed by atoms with E-state index in [1.807, 2.05) is 6.92 Å². The third-order valence-corrected chi connectivity index (χ3v) is 4.73. The van der Waals surface area contributed by atoms with E-state index in [0.29, 0.717) is 5.56 Å². The van der Waals surface area contributed by atoms with E-state index in [2.05, 4.69) is 4.72 Å². The van der Waals surface area contributed by atoms with E-state index in [9.17, 15) is 13.2 Å². The number of Topliss-reactive ketones (excluding diaryl/α,β-unsaturated/α-hetero) is 1. The van der Waals surface area contributed by atoms with Gasteiger partial charge in [0, 0.05) is 18.2 Å². The number of ketones is 1. The molecule has 0 radical (unpaired) electrons. The van der Waals surface area contributed by atoms with E-state index in [0.717, 1.165) is 12.8 Å². The van der Waals surface area contributed by atoms with Crippen LogP contribution in [0.25, 0.3) is 0 Å². The number of nitrogens with one attached hydrogen (secondary N) is 1. The normalized spacial score (nSPS) is 13.2. The van der Waals surface area contributed by atoms with Crippen LogP contribution in [-0.2, 0) is 10.0 Å². The maximum Gasteiger partial charge on any atom is 0.242 e. The van der Waals surface area contributed by atoms with E-state index in [-0.39, 0.29) is 28.3 Å². The molecule has 0 aliphatic carbocycles. The SMILES string of the molecule is CCC[C@@H](N)CNS(=O)(=O)c1cc(C(C)=O)ccc1Cl. The van der Waals surface area contributed by atoms with Crippen LogP contribution in [0.5, 0.6) is 0 Å². The summed E-state index contributed by atoms with van der Waals surface area (Å²) in [6, 6.07) is 3.92. The zero-order valence-electron chi connectivity index (χ0n) is 11.5. The second kappa shape index (κ2) is 7.17. The minimum Gasteiger partial charge on any atom is -0.327 e. The van der Waals surface area contributed by atoms with Crippen molar-refractivity contribution in [3.05, 3.63) is 28.8 Å². The van der Waals surface area contributed by atoms with Crippen molar-refractivity contribution in [3.8, 4) is 0 Å². The Bertz CT molecular complexity index is 587. The highest BCUT2D eigenvalue weighted by molar-refractivity contribution is 7.89. The van der Waals surface area contributed by atoms with Crippen molar-refractivity contribution in [2.45, 2.75) is 37.6 Å². The number of hydrogen-bond donors (Lipinski definition) is 2. The Balaban J connectivity index is 2.97. The highest BCUT2D eigenvalue weighted by Gasteiger charge is 2.20. The van der Waals surface area contributed by atoms with Crippen LogP contribution in [0.3, 0.4) is 0 Å². The third kappa shape index (κ3) is 4.56. The fourth-order valence-electron chi connectivity index (χ4n) is 1.70. The van der Waals surface area contributed by atoms with E-state index < -0.39 is 10.0 Å². The number of carbonyl (C=O) groups is 1. The number of rotatable bonds is 7. The molecule has 0 fully saturated rings. The minimum atomic E-state index is -3.77. The van der Waals surface area contributed by atoms with Crippen molar-refractivity contribution in [1.82, 2.24) is 4.72 Å². The van der Waals surface area contributed by atoms with Gasteiger partial charge in [-0.1, -0.05) is 24.9 Å². The minimum absolute atomic E-state index is 0.0755. The first kappa shape index (κ1) is 17.1. The monoisotopic (exact) mass is 318 g/mol. The lowest BCUT2D eigenvalue weighted by molar-refractivity contribution is 0.101. The zero-order chi connectivity index (χ0) is 15.3. The molecule has 0 bridgehead atoms. The van der Waals surface area contributed by atoms with Crippen LogP contribution in [0.2, 0.25) is 5.02 Å². The highest BCUT2D eigenvalue weighted by Crippen LogP contribution is 2.22. The fourth-order valence-corrected chi connectivity index (χ4v) is 3.31. The van der Waals surface area contributed by atoms with E-state index in [1.54, 1.807) is 0 Å². The molecular weight excluding hydrogens is 300 g/mol.